The molecule has 1 atom stereocenters. The van der Waals surface area contributed by atoms with E-state index in [1.807, 2.05) is 51.9 Å². The topological polar surface area (TPSA) is 70.0 Å². The number of carbonyl (C=O) groups excluding carboxylic acids is 1. The van der Waals surface area contributed by atoms with Crippen LogP contribution in [0.5, 0.6) is 0 Å². The average Bonchev–Trinajstić information content (AvgIpc) is 3.05. The fourth-order valence-corrected chi connectivity index (χ4v) is 4.57. The largest absolute Gasteiger partial charge is 0.340 e. The van der Waals surface area contributed by atoms with E-state index in [1.54, 1.807) is 13.2 Å². The van der Waals surface area contributed by atoms with Gasteiger partial charge in [0, 0.05) is 72.4 Å². The van der Waals surface area contributed by atoms with Crippen LogP contribution in [0.25, 0.3) is 16.9 Å². The van der Waals surface area contributed by atoms with Gasteiger partial charge in [0.15, 0.2) is 0 Å². The molecule has 31 heavy (non-hydrogen) atoms. The Kier molecular flexibility index (Phi) is 5.96. The molecule has 3 aromatic rings. The highest BCUT2D eigenvalue weighted by Crippen LogP contribution is 2.28. The van der Waals surface area contributed by atoms with Gasteiger partial charge in [0.2, 0.25) is 5.91 Å². The molecular formula is C22H26ClN5O2S. The predicted molar refractivity (Wildman–Crippen MR) is 128 cm³/mol. The molecule has 1 amide bonds. The number of benzene rings is 1. The van der Waals surface area contributed by atoms with Crippen LogP contribution in [0, 0.1) is 0 Å². The van der Waals surface area contributed by atoms with Crippen molar-refractivity contribution < 1.29 is 9.00 Å². The molecule has 1 fully saturated rings. The van der Waals surface area contributed by atoms with E-state index < -0.39 is 9.71 Å². The lowest BCUT2D eigenvalue weighted by Gasteiger charge is -2.34. The highest BCUT2D eigenvalue weighted by molar-refractivity contribution is 8.00. The Bertz CT molecular complexity index is 1210. The van der Waals surface area contributed by atoms with Crippen molar-refractivity contribution in [3.8, 4) is 11.3 Å². The number of hydrogen-bond donors (Lipinski definition) is 1. The molecule has 9 heteroatoms. The molecule has 7 nitrogen and oxygen atoms in total. The van der Waals surface area contributed by atoms with Gasteiger partial charge in [-0.25, -0.2) is 9.19 Å². The first kappa shape index (κ1) is 21.7. The molecule has 1 aromatic carbocycles. The standard InChI is InChI=1S/C22H26ClN5O2S/c1-16(29)27-12-10-26(11-13-27)15-20-22(17-4-6-18(23)7-5-17)24-21-9-8-19(14-28(20)21)25-31(2,3)30/h4-9,14H,2,10-13,15H2,1,3H3,(H,25,30). The van der Waals surface area contributed by atoms with Gasteiger partial charge >= 0.3 is 0 Å². The number of amides is 1. The summed E-state index contributed by atoms with van der Waals surface area (Å²) in [5.41, 5.74) is 4.42. The first-order valence-corrected chi connectivity index (χ1v) is 12.6. The zero-order chi connectivity index (χ0) is 22.2. The van der Waals surface area contributed by atoms with Gasteiger partial charge in [0.1, 0.15) is 5.65 Å². The minimum absolute atomic E-state index is 0.114. The number of pyridine rings is 1. The number of hydrogen-bond acceptors (Lipinski definition) is 4. The lowest BCUT2D eigenvalue weighted by atomic mass is 10.1. The quantitative estimate of drug-likeness (QED) is 0.595. The van der Waals surface area contributed by atoms with Crippen LogP contribution in [0.15, 0.2) is 42.6 Å². The Balaban J connectivity index is 1.73. The van der Waals surface area contributed by atoms with Crippen LogP contribution in [0.1, 0.15) is 12.6 Å². The van der Waals surface area contributed by atoms with Crippen molar-refractivity contribution in [2.45, 2.75) is 13.5 Å². The van der Waals surface area contributed by atoms with Gasteiger partial charge in [-0.2, -0.15) is 0 Å². The van der Waals surface area contributed by atoms with Crippen LogP contribution in [-0.4, -0.2) is 67.6 Å². The molecule has 0 radical (unpaired) electrons. The summed E-state index contributed by atoms with van der Waals surface area (Å²) in [6.45, 7) is 5.32. The second-order valence-electron chi connectivity index (χ2n) is 7.95. The van der Waals surface area contributed by atoms with Crippen molar-refractivity contribution in [1.82, 2.24) is 19.2 Å². The maximum Gasteiger partial charge on any atom is 0.219 e. The number of carbonyl (C=O) groups is 1. The predicted octanol–water partition coefficient (Wildman–Crippen LogP) is 2.99. The van der Waals surface area contributed by atoms with E-state index >= 15 is 0 Å². The number of nitrogens with zero attached hydrogens (tertiary/aromatic N) is 4. The van der Waals surface area contributed by atoms with E-state index in [1.165, 1.54) is 0 Å². The first-order chi connectivity index (χ1) is 14.7. The molecule has 0 bridgehead atoms. The van der Waals surface area contributed by atoms with E-state index in [0.29, 0.717) is 24.7 Å². The Morgan fingerprint density at radius 3 is 2.45 bits per heavy atom. The van der Waals surface area contributed by atoms with Gasteiger partial charge in [-0.3, -0.25) is 14.1 Å². The molecule has 1 unspecified atom stereocenters. The van der Waals surface area contributed by atoms with Crippen LogP contribution < -0.4 is 4.72 Å². The van der Waals surface area contributed by atoms with Gasteiger partial charge in [0.05, 0.1) is 17.1 Å². The van der Waals surface area contributed by atoms with Gasteiger partial charge in [0.25, 0.3) is 0 Å². The molecule has 1 saturated heterocycles. The number of nitrogens with one attached hydrogen (secondary N) is 1. The molecule has 0 saturated carbocycles. The van der Waals surface area contributed by atoms with Gasteiger partial charge in [-0.15, -0.1) is 0 Å². The second-order valence-corrected chi connectivity index (χ2v) is 10.6. The van der Waals surface area contributed by atoms with Crippen molar-refractivity contribution in [2.75, 3.05) is 37.2 Å². The number of anilines is 1. The normalized spacial score (nSPS) is 16.9. The number of aromatic nitrogens is 2. The highest BCUT2D eigenvalue weighted by Gasteiger charge is 2.22. The van der Waals surface area contributed by atoms with Crippen LogP contribution >= 0.6 is 11.6 Å². The van der Waals surface area contributed by atoms with Crippen LogP contribution in [0.4, 0.5) is 5.69 Å². The maximum atomic E-state index is 12.1. The summed E-state index contributed by atoms with van der Waals surface area (Å²) in [7, 11) is -2.40. The monoisotopic (exact) mass is 459 g/mol. The summed E-state index contributed by atoms with van der Waals surface area (Å²) < 4.78 is 17.1. The van der Waals surface area contributed by atoms with E-state index in [2.05, 4.69) is 15.5 Å². The average molecular weight is 460 g/mol. The summed E-state index contributed by atoms with van der Waals surface area (Å²) in [4.78, 5) is 20.7. The third-order valence-electron chi connectivity index (χ3n) is 5.36. The van der Waals surface area contributed by atoms with Crippen molar-refractivity contribution in [3.63, 3.8) is 0 Å². The lowest BCUT2D eigenvalue weighted by Crippen LogP contribution is -2.47. The van der Waals surface area contributed by atoms with E-state index in [9.17, 15) is 9.00 Å². The van der Waals surface area contributed by atoms with Gasteiger partial charge < -0.3 is 9.62 Å². The Morgan fingerprint density at radius 1 is 1.16 bits per heavy atom. The van der Waals surface area contributed by atoms with Crippen molar-refractivity contribution >= 4 is 44.4 Å². The molecule has 2 aromatic heterocycles. The fourth-order valence-electron chi connectivity index (χ4n) is 3.83. The van der Waals surface area contributed by atoms with Crippen molar-refractivity contribution in [3.05, 3.63) is 53.3 Å². The fraction of sp³-hybridized carbons (Fsp3) is 0.318. The Morgan fingerprint density at radius 2 is 1.84 bits per heavy atom. The molecule has 164 valence electrons. The Hall–Kier alpha value is -2.55. The highest BCUT2D eigenvalue weighted by atomic mass is 35.5. The summed E-state index contributed by atoms with van der Waals surface area (Å²) in [5.74, 6) is 3.80. The van der Waals surface area contributed by atoms with Crippen molar-refractivity contribution in [1.29, 1.82) is 0 Å². The van der Waals surface area contributed by atoms with E-state index in [0.717, 1.165) is 41.4 Å². The molecule has 3 heterocycles. The van der Waals surface area contributed by atoms with E-state index in [4.69, 9.17) is 16.6 Å². The molecule has 1 aliphatic heterocycles. The molecule has 1 N–H and O–H groups in total. The summed E-state index contributed by atoms with van der Waals surface area (Å²) in [5, 5.41) is 0.675. The first-order valence-electron chi connectivity index (χ1n) is 10.0. The van der Waals surface area contributed by atoms with Gasteiger partial charge in [-0.05, 0) is 30.1 Å². The zero-order valence-electron chi connectivity index (χ0n) is 17.7. The van der Waals surface area contributed by atoms with E-state index in [-0.39, 0.29) is 5.91 Å². The smallest absolute Gasteiger partial charge is 0.219 e. The number of piperazine rings is 1. The maximum absolute atomic E-state index is 12.1. The molecule has 4 rings (SSSR count). The summed E-state index contributed by atoms with van der Waals surface area (Å²) >= 11 is 6.09. The van der Waals surface area contributed by atoms with Crippen LogP contribution in [0.3, 0.4) is 0 Å². The molecular weight excluding hydrogens is 434 g/mol. The number of imidazole rings is 1. The minimum Gasteiger partial charge on any atom is -0.340 e. The zero-order valence-corrected chi connectivity index (χ0v) is 19.2. The lowest BCUT2D eigenvalue weighted by molar-refractivity contribution is -0.130. The van der Waals surface area contributed by atoms with Crippen LogP contribution in [-0.2, 0) is 21.0 Å². The number of fused-ring (bicyclic) bond motifs is 1. The third kappa shape index (κ3) is 5.03. The number of rotatable bonds is 5. The Labute approximate surface area is 187 Å². The number of halogens is 1. The molecule has 0 aliphatic carbocycles. The minimum atomic E-state index is -2.40. The van der Waals surface area contributed by atoms with Gasteiger partial charge in [-0.1, -0.05) is 23.7 Å². The summed E-state index contributed by atoms with van der Waals surface area (Å²) in [6.07, 6.45) is 3.48. The van der Waals surface area contributed by atoms with Crippen molar-refractivity contribution in [2.24, 2.45) is 0 Å². The SMILES string of the molecule is C=S(C)(=O)Nc1ccc2nc(-c3ccc(Cl)cc3)c(CN3CCN(C(C)=O)CC3)n2c1. The third-order valence-corrected chi connectivity index (χ3v) is 6.28. The van der Waals surface area contributed by atoms with Crippen LogP contribution in [0.2, 0.25) is 5.02 Å². The molecule has 0 spiro atoms. The summed E-state index contributed by atoms with van der Waals surface area (Å²) in [6, 6.07) is 11.4. The molecule has 1 aliphatic rings. The second kappa shape index (κ2) is 8.53.